The van der Waals surface area contributed by atoms with Crippen molar-refractivity contribution >= 4 is 29.7 Å². The van der Waals surface area contributed by atoms with Gasteiger partial charge in [0.2, 0.25) is 0 Å². The molecular weight excluding hydrogens is 204 g/mol. The molecule has 14 heavy (non-hydrogen) atoms. The summed E-state index contributed by atoms with van der Waals surface area (Å²) in [4.78, 5) is 15.5. The first kappa shape index (κ1) is 10.9. The number of aliphatic imine (C=N–C) groups is 1. The molecule has 0 radical (unpaired) electrons. The molecule has 0 fully saturated rings. The monoisotopic (exact) mass is 216 g/mol. The highest BCUT2D eigenvalue weighted by Crippen LogP contribution is 2.19. The van der Waals surface area contributed by atoms with Crippen LogP contribution >= 0.6 is 12.6 Å². The van der Waals surface area contributed by atoms with E-state index in [0.29, 0.717) is 11.5 Å². The minimum Gasteiger partial charge on any atom is -0.381 e. The van der Waals surface area contributed by atoms with Gasteiger partial charge in [0.15, 0.2) is 5.82 Å². The number of hydrogen-bond donors (Lipinski definition) is 3. The summed E-state index contributed by atoms with van der Waals surface area (Å²) < 4.78 is 2.61. The van der Waals surface area contributed by atoms with Crippen molar-refractivity contribution in [3.8, 4) is 0 Å². The number of aliphatic hydroxyl groups is 1. The van der Waals surface area contributed by atoms with Crippen LogP contribution in [0, 0.1) is 0 Å². The van der Waals surface area contributed by atoms with Crippen LogP contribution in [0.25, 0.3) is 0 Å². The van der Waals surface area contributed by atoms with Crippen molar-refractivity contribution in [2.45, 2.75) is 6.73 Å². The predicted octanol–water partition coefficient (Wildman–Crippen LogP) is -0.232. The van der Waals surface area contributed by atoms with Crippen molar-refractivity contribution < 1.29 is 5.11 Å². The zero-order chi connectivity index (χ0) is 10.7. The Balaban J connectivity index is 3.47. The number of nitrogens with one attached hydrogen (secondary N) is 1. The van der Waals surface area contributed by atoms with E-state index in [1.165, 1.54) is 10.2 Å². The molecule has 1 aromatic heterocycles. The third-order valence-corrected chi connectivity index (χ3v) is 2.02. The molecule has 0 amide bonds. The molecule has 0 aliphatic heterocycles. The Morgan fingerprint density at radius 3 is 2.79 bits per heavy atom. The fraction of sp³-hybridized carbons (Fsp3) is 0.429. The number of aromatic nitrogens is 2. The maximum absolute atomic E-state index is 11.6. The molecule has 0 unspecified atom stereocenters. The maximum atomic E-state index is 11.6. The van der Waals surface area contributed by atoms with Crippen molar-refractivity contribution in [3.05, 3.63) is 10.4 Å². The summed E-state index contributed by atoms with van der Waals surface area (Å²) in [6.07, 6.45) is 0. The van der Waals surface area contributed by atoms with E-state index in [4.69, 9.17) is 5.11 Å². The Kier molecular flexibility index (Phi) is 3.37. The van der Waals surface area contributed by atoms with Gasteiger partial charge in [0.25, 0.3) is 5.56 Å². The molecule has 6 nitrogen and oxygen atoms in total. The summed E-state index contributed by atoms with van der Waals surface area (Å²) in [5.41, 5.74) is 1.32. The van der Waals surface area contributed by atoms with Gasteiger partial charge in [0, 0.05) is 14.1 Å². The molecule has 0 atom stereocenters. The van der Waals surface area contributed by atoms with E-state index in [1.54, 1.807) is 14.1 Å². The molecule has 2 N–H and O–H groups in total. The van der Waals surface area contributed by atoms with Gasteiger partial charge in [-0.2, -0.15) is 0 Å². The van der Waals surface area contributed by atoms with E-state index in [1.807, 2.05) is 0 Å². The minimum absolute atomic E-state index is 0.313. The first-order valence-corrected chi connectivity index (χ1v) is 4.44. The summed E-state index contributed by atoms with van der Waals surface area (Å²) in [5.74, 6) is 0.432. The molecule has 0 spiro atoms. The zero-order valence-corrected chi connectivity index (χ0v) is 8.82. The van der Waals surface area contributed by atoms with Crippen molar-refractivity contribution in [3.63, 3.8) is 0 Å². The Morgan fingerprint density at radius 2 is 2.36 bits per heavy atom. The Bertz CT molecular complexity index is 407. The van der Waals surface area contributed by atoms with Crippen molar-refractivity contribution in [2.75, 3.05) is 12.4 Å². The summed E-state index contributed by atoms with van der Waals surface area (Å²) in [7, 11) is 3.25. The van der Waals surface area contributed by atoms with Gasteiger partial charge in [-0.25, -0.2) is 9.67 Å². The summed E-state index contributed by atoms with van der Waals surface area (Å²) in [5, 5.41) is 11.7. The standard InChI is InChI=1S/C7H12N4O2S/c1-8-5-6(9-3-14)10(2)11(4-12)7(5)13/h3,8,12H,4H2,1-2H3,(H,9,14). The van der Waals surface area contributed by atoms with Crippen LogP contribution in [-0.2, 0) is 13.8 Å². The van der Waals surface area contributed by atoms with E-state index >= 15 is 0 Å². The van der Waals surface area contributed by atoms with E-state index < -0.39 is 0 Å². The minimum atomic E-state index is -0.383. The summed E-state index contributed by atoms with van der Waals surface area (Å²) in [6.45, 7) is -0.383. The lowest BCUT2D eigenvalue weighted by atomic mass is 10.5. The topological polar surface area (TPSA) is 71.6 Å². The van der Waals surface area contributed by atoms with Gasteiger partial charge in [-0.15, -0.1) is 12.6 Å². The largest absolute Gasteiger partial charge is 0.381 e. The average molecular weight is 216 g/mol. The number of hydrogen-bond acceptors (Lipinski definition) is 4. The molecule has 0 saturated carbocycles. The van der Waals surface area contributed by atoms with E-state index in [0.717, 1.165) is 4.68 Å². The quantitative estimate of drug-likeness (QED) is 0.371. The van der Waals surface area contributed by atoms with Crippen molar-refractivity contribution in [2.24, 2.45) is 12.0 Å². The first-order valence-electron chi connectivity index (χ1n) is 3.92. The maximum Gasteiger partial charge on any atom is 0.294 e. The molecule has 1 aromatic rings. The van der Waals surface area contributed by atoms with E-state index in [9.17, 15) is 4.79 Å². The van der Waals surface area contributed by atoms with Gasteiger partial charge >= 0.3 is 0 Å². The second-order valence-corrected chi connectivity index (χ2v) is 2.79. The Morgan fingerprint density at radius 1 is 1.71 bits per heavy atom. The fourth-order valence-corrected chi connectivity index (χ4v) is 1.33. The highest BCUT2D eigenvalue weighted by Gasteiger charge is 2.14. The lowest BCUT2D eigenvalue weighted by Gasteiger charge is -2.02. The van der Waals surface area contributed by atoms with E-state index in [2.05, 4.69) is 22.9 Å². The van der Waals surface area contributed by atoms with Gasteiger partial charge < -0.3 is 10.4 Å². The molecule has 0 bridgehead atoms. The second-order valence-electron chi connectivity index (χ2n) is 2.56. The third kappa shape index (κ3) is 1.55. The first-order chi connectivity index (χ1) is 6.67. The number of thiol groups is 1. The van der Waals surface area contributed by atoms with Gasteiger partial charge in [0.05, 0.1) is 5.55 Å². The summed E-state index contributed by atoms with van der Waals surface area (Å²) >= 11 is 3.83. The van der Waals surface area contributed by atoms with Gasteiger partial charge in [0.1, 0.15) is 12.4 Å². The molecule has 78 valence electrons. The smallest absolute Gasteiger partial charge is 0.294 e. The molecule has 0 aliphatic carbocycles. The van der Waals surface area contributed by atoms with Crippen LogP contribution in [0.1, 0.15) is 0 Å². The fourth-order valence-electron chi connectivity index (χ4n) is 1.22. The zero-order valence-electron chi connectivity index (χ0n) is 7.93. The highest BCUT2D eigenvalue weighted by molar-refractivity contribution is 7.94. The lowest BCUT2D eigenvalue weighted by molar-refractivity contribution is 0.176. The van der Waals surface area contributed by atoms with Crippen LogP contribution in [0.15, 0.2) is 9.79 Å². The van der Waals surface area contributed by atoms with Crippen molar-refractivity contribution in [1.82, 2.24) is 9.36 Å². The molecule has 1 heterocycles. The van der Waals surface area contributed by atoms with Gasteiger partial charge in [-0.05, 0) is 0 Å². The Labute approximate surface area is 86.3 Å². The number of nitrogens with zero attached hydrogens (tertiary/aromatic N) is 3. The third-order valence-electron chi connectivity index (χ3n) is 1.90. The number of anilines is 1. The van der Waals surface area contributed by atoms with Crippen LogP contribution < -0.4 is 10.9 Å². The van der Waals surface area contributed by atoms with Crippen LogP contribution in [0.2, 0.25) is 0 Å². The molecule has 1 rings (SSSR count). The van der Waals surface area contributed by atoms with Crippen LogP contribution in [0.4, 0.5) is 11.5 Å². The highest BCUT2D eigenvalue weighted by atomic mass is 32.1. The molecule has 7 heteroatoms. The van der Waals surface area contributed by atoms with Gasteiger partial charge in [-0.3, -0.25) is 9.48 Å². The molecule has 0 aromatic carbocycles. The molecular formula is C7H12N4O2S. The van der Waals surface area contributed by atoms with Crippen molar-refractivity contribution in [1.29, 1.82) is 0 Å². The van der Waals surface area contributed by atoms with Crippen LogP contribution in [0.3, 0.4) is 0 Å². The predicted molar refractivity (Wildman–Crippen MR) is 58.6 cm³/mol. The van der Waals surface area contributed by atoms with Crippen LogP contribution in [-0.4, -0.2) is 27.1 Å². The number of rotatable bonds is 3. The number of aliphatic hydroxyl groups excluding tert-OH is 1. The summed E-state index contributed by atoms with van der Waals surface area (Å²) in [6, 6.07) is 0. The van der Waals surface area contributed by atoms with Crippen LogP contribution in [0.5, 0.6) is 0 Å². The molecule has 0 aliphatic rings. The molecule has 0 saturated heterocycles. The van der Waals surface area contributed by atoms with Gasteiger partial charge in [-0.1, -0.05) is 0 Å². The lowest BCUT2D eigenvalue weighted by Crippen LogP contribution is -2.22. The second kappa shape index (κ2) is 4.34. The van der Waals surface area contributed by atoms with E-state index in [-0.39, 0.29) is 12.3 Å². The SMILES string of the molecule is CNc1c(/N=C\S)n(C)n(CO)c1=O. The Hall–Kier alpha value is -1.21. The normalized spacial score (nSPS) is 11.1. The average Bonchev–Trinajstić information content (AvgIpc) is 2.39.